The van der Waals surface area contributed by atoms with Crippen molar-refractivity contribution in [2.75, 3.05) is 5.32 Å². The van der Waals surface area contributed by atoms with Crippen LogP contribution in [0.25, 0.3) is 0 Å². The molecule has 0 fully saturated rings. The van der Waals surface area contributed by atoms with Gasteiger partial charge in [-0.05, 0) is 36.8 Å². The average molecular weight is 259 g/mol. The van der Waals surface area contributed by atoms with Gasteiger partial charge in [0.25, 0.3) is 5.91 Å². The first kappa shape index (κ1) is 13.2. The summed E-state index contributed by atoms with van der Waals surface area (Å²) in [6.07, 6.45) is -1.24. The van der Waals surface area contributed by atoms with Crippen molar-refractivity contribution in [3.8, 4) is 0 Å². The number of rotatable bonds is 3. The van der Waals surface area contributed by atoms with Crippen LogP contribution >= 0.6 is 0 Å². The Morgan fingerprint density at radius 1 is 1.11 bits per heavy atom. The van der Waals surface area contributed by atoms with Gasteiger partial charge in [0.15, 0.2) is 6.10 Å². The smallest absolute Gasteiger partial charge is 0.257 e. The van der Waals surface area contributed by atoms with Gasteiger partial charge in [-0.1, -0.05) is 29.8 Å². The van der Waals surface area contributed by atoms with Gasteiger partial charge < -0.3 is 10.4 Å². The molecule has 2 rings (SSSR count). The van der Waals surface area contributed by atoms with Gasteiger partial charge in [0.1, 0.15) is 5.82 Å². The number of halogens is 1. The number of anilines is 1. The van der Waals surface area contributed by atoms with Gasteiger partial charge in [0.2, 0.25) is 0 Å². The molecule has 0 aliphatic heterocycles. The summed E-state index contributed by atoms with van der Waals surface area (Å²) in [6.45, 7) is 1.93. The number of aliphatic hydroxyl groups is 1. The molecule has 1 unspecified atom stereocenters. The van der Waals surface area contributed by atoms with Crippen LogP contribution in [0.3, 0.4) is 0 Å². The van der Waals surface area contributed by atoms with E-state index in [1.807, 2.05) is 19.1 Å². The minimum atomic E-state index is -1.24. The van der Waals surface area contributed by atoms with E-state index in [9.17, 15) is 14.3 Å². The van der Waals surface area contributed by atoms with Gasteiger partial charge in [-0.3, -0.25) is 4.79 Å². The Morgan fingerprint density at radius 2 is 1.68 bits per heavy atom. The molecule has 0 heterocycles. The predicted molar refractivity (Wildman–Crippen MR) is 71.2 cm³/mol. The molecule has 2 N–H and O–H groups in total. The second-order valence-electron chi connectivity index (χ2n) is 4.31. The van der Waals surface area contributed by atoms with Crippen molar-refractivity contribution in [1.29, 1.82) is 0 Å². The fourth-order valence-electron chi connectivity index (χ4n) is 1.64. The molecule has 0 radical (unpaired) electrons. The molecule has 19 heavy (non-hydrogen) atoms. The molecular formula is C15H14FNO2. The molecule has 2 aromatic carbocycles. The average Bonchev–Trinajstić information content (AvgIpc) is 2.41. The Kier molecular flexibility index (Phi) is 3.92. The van der Waals surface area contributed by atoms with Crippen molar-refractivity contribution in [1.82, 2.24) is 0 Å². The van der Waals surface area contributed by atoms with Gasteiger partial charge in [-0.15, -0.1) is 0 Å². The Hall–Kier alpha value is -2.20. The highest BCUT2D eigenvalue weighted by Crippen LogP contribution is 2.16. The number of carbonyl (C=O) groups is 1. The van der Waals surface area contributed by atoms with E-state index in [0.717, 1.165) is 5.56 Å². The van der Waals surface area contributed by atoms with Crippen LogP contribution in [0.1, 0.15) is 17.2 Å². The molecule has 4 heteroatoms. The maximum atomic E-state index is 12.7. The van der Waals surface area contributed by atoms with Crippen LogP contribution in [0.4, 0.5) is 10.1 Å². The van der Waals surface area contributed by atoms with E-state index >= 15 is 0 Å². The first-order valence-electron chi connectivity index (χ1n) is 5.87. The zero-order valence-corrected chi connectivity index (χ0v) is 10.4. The van der Waals surface area contributed by atoms with Crippen LogP contribution in [0.15, 0.2) is 48.5 Å². The number of aryl methyl sites for hydroxylation is 1. The number of hydrogen-bond acceptors (Lipinski definition) is 2. The third-order valence-electron chi connectivity index (χ3n) is 2.75. The summed E-state index contributed by atoms with van der Waals surface area (Å²) < 4.78 is 12.7. The molecule has 0 aliphatic rings. The molecule has 0 saturated heterocycles. The van der Waals surface area contributed by atoms with Crippen molar-refractivity contribution < 1.29 is 14.3 Å². The molecule has 3 nitrogen and oxygen atoms in total. The Balaban J connectivity index is 2.07. The summed E-state index contributed by atoms with van der Waals surface area (Å²) in [6, 6.07) is 12.4. The highest BCUT2D eigenvalue weighted by molar-refractivity contribution is 5.94. The van der Waals surface area contributed by atoms with Crippen molar-refractivity contribution in [2.24, 2.45) is 0 Å². The summed E-state index contributed by atoms with van der Waals surface area (Å²) in [4.78, 5) is 11.8. The molecule has 1 atom stereocenters. The van der Waals surface area contributed by atoms with Gasteiger partial charge in [0.05, 0.1) is 0 Å². The first-order chi connectivity index (χ1) is 9.06. The lowest BCUT2D eigenvalue weighted by molar-refractivity contribution is -0.124. The van der Waals surface area contributed by atoms with E-state index in [0.29, 0.717) is 11.3 Å². The SMILES string of the molecule is Cc1ccc(C(O)C(=O)Nc2ccc(F)cc2)cc1. The quantitative estimate of drug-likeness (QED) is 0.890. The zero-order chi connectivity index (χ0) is 13.8. The van der Waals surface area contributed by atoms with Crippen LogP contribution < -0.4 is 5.32 Å². The van der Waals surface area contributed by atoms with E-state index in [4.69, 9.17) is 0 Å². The first-order valence-corrected chi connectivity index (χ1v) is 5.87. The molecule has 98 valence electrons. The van der Waals surface area contributed by atoms with Crippen LogP contribution in [0.5, 0.6) is 0 Å². The third-order valence-corrected chi connectivity index (χ3v) is 2.75. The Morgan fingerprint density at radius 3 is 2.26 bits per heavy atom. The van der Waals surface area contributed by atoms with Gasteiger partial charge in [0, 0.05) is 5.69 Å². The minimum absolute atomic E-state index is 0.378. The second-order valence-corrected chi connectivity index (χ2v) is 4.31. The molecular weight excluding hydrogens is 245 g/mol. The number of nitrogens with one attached hydrogen (secondary N) is 1. The maximum Gasteiger partial charge on any atom is 0.257 e. The summed E-state index contributed by atoms with van der Waals surface area (Å²) in [5.74, 6) is -0.924. The van der Waals surface area contributed by atoms with Gasteiger partial charge in [-0.25, -0.2) is 4.39 Å². The lowest BCUT2D eigenvalue weighted by Crippen LogP contribution is -2.20. The standard InChI is InChI=1S/C15H14FNO2/c1-10-2-4-11(5-3-10)14(18)15(19)17-13-8-6-12(16)7-9-13/h2-9,14,18H,1H3,(H,17,19). The summed E-state index contributed by atoms with van der Waals surface area (Å²) in [5, 5.41) is 12.4. The van der Waals surface area contributed by atoms with E-state index in [2.05, 4.69) is 5.32 Å². The van der Waals surface area contributed by atoms with E-state index in [-0.39, 0.29) is 5.82 Å². The highest BCUT2D eigenvalue weighted by atomic mass is 19.1. The van der Waals surface area contributed by atoms with Gasteiger partial charge >= 0.3 is 0 Å². The van der Waals surface area contributed by atoms with Crippen molar-refractivity contribution in [3.63, 3.8) is 0 Å². The Labute approximate surface area is 110 Å². The summed E-state index contributed by atoms with van der Waals surface area (Å²) in [7, 11) is 0. The number of aliphatic hydroxyl groups excluding tert-OH is 1. The molecule has 0 spiro atoms. The zero-order valence-electron chi connectivity index (χ0n) is 10.4. The van der Waals surface area contributed by atoms with Crippen LogP contribution in [-0.4, -0.2) is 11.0 Å². The monoisotopic (exact) mass is 259 g/mol. The van der Waals surface area contributed by atoms with Gasteiger partial charge in [-0.2, -0.15) is 0 Å². The molecule has 0 bridgehead atoms. The topological polar surface area (TPSA) is 49.3 Å². The lowest BCUT2D eigenvalue weighted by atomic mass is 10.1. The van der Waals surface area contributed by atoms with E-state index < -0.39 is 12.0 Å². The van der Waals surface area contributed by atoms with Crippen LogP contribution in [0, 0.1) is 12.7 Å². The lowest BCUT2D eigenvalue weighted by Gasteiger charge is -2.12. The molecule has 2 aromatic rings. The number of amides is 1. The molecule has 1 amide bonds. The maximum absolute atomic E-state index is 12.7. The minimum Gasteiger partial charge on any atom is -0.378 e. The fraction of sp³-hybridized carbons (Fsp3) is 0.133. The Bertz CT molecular complexity index is 564. The van der Waals surface area contributed by atoms with Crippen molar-refractivity contribution >= 4 is 11.6 Å². The van der Waals surface area contributed by atoms with Crippen LogP contribution in [-0.2, 0) is 4.79 Å². The van der Waals surface area contributed by atoms with Crippen molar-refractivity contribution in [2.45, 2.75) is 13.0 Å². The van der Waals surface area contributed by atoms with Crippen LogP contribution in [0.2, 0.25) is 0 Å². The van der Waals surface area contributed by atoms with Crippen molar-refractivity contribution in [3.05, 3.63) is 65.5 Å². The largest absolute Gasteiger partial charge is 0.378 e. The highest BCUT2D eigenvalue weighted by Gasteiger charge is 2.17. The normalized spacial score (nSPS) is 11.9. The third kappa shape index (κ3) is 3.39. The number of benzene rings is 2. The second kappa shape index (κ2) is 5.63. The fourth-order valence-corrected chi connectivity index (χ4v) is 1.64. The van der Waals surface area contributed by atoms with E-state index in [1.165, 1.54) is 24.3 Å². The predicted octanol–water partition coefficient (Wildman–Crippen LogP) is 2.81. The number of carbonyl (C=O) groups excluding carboxylic acids is 1. The molecule has 0 aromatic heterocycles. The van der Waals surface area contributed by atoms with E-state index in [1.54, 1.807) is 12.1 Å². The molecule has 0 saturated carbocycles. The summed E-state index contributed by atoms with van der Waals surface area (Å²) in [5.41, 5.74) is 2.01. The number of hydrogen-bond donors (Lipinski definition) is 2. The molecule has 0 aliphatic carbocycles. The summed E-state index contributed by atoms with van der Waals surface area (Å²) >= 11 is 0.